The first-order valence-electron chi connectivity index (χ1n) is 8.68. The van der Waals surface area contributed by atoms with Crippen molar-refractivity contribution in [1.29, 1.82) is 5.26 Å². The van der Waals surface area contributed by atoms with Gasteiger partial charge < -0.3 is 4.90 Å². The van der Waals surface area contributed by atoms with Crippen molar-refractivity contribution in [2.75, 3.05) is 25.5 Å². The maximum Gasteiger partial charge on any atom is 0.240 e. The van der Waals surface area contributed by atoms with E-state index < -0.39 is 11.6 Å². The Hall–Kier alpha value is -2.75. The normalized spacial score (nSPS) is 11.8. The van der Waals surface area contributed by atoms with E-state index in [1.807, 2.05) is 6.92 Å². The van der Waals surface area contributed by atoms with Gasteiger partial charge in [0.1, 0.15) is 5.82 Å². The highest BCUT2D eigenvalue weighted by molar-refractivity contribution is 6.31. The molecular formula is C21H21ClFN3O2. The number of nitriles is 1. The summed E-state index contributed by atoms with van der Waals surface area (Å²) in [5.41, 5.74) is 0.386. The quantitative estimate of drug-likeness (QED) is 0.660. The number of rotatable bonds is 7. The van der Waals surface area contributed by atoms with E-state index in [1.54, 1.807) is 37.2 Å². The fourth-order valence-electron chi connectivity index (χ4n) is 2.67. The maximum absolute atomic E-state index is 14.1. The average Bonchev–Trinajstić information content (AvgIpc) is 2.67. The van der Waals surface area contributed by atoms with E-state index in [1.165, 1.54) is 29.2 Å². The van der Waals surface area contributed by atoms with Crippen LogP contribution in [-0.2, 0) is 4.79 Å². The van der Waals surface area contributed by atoms with Gasteiger partial charge in [-0.15, -0.1) is 0 Å². The Morgan fingerprint density at radius 1 is 1.18 bits per heavy atom. The SMILES string of the molecule is C[C@@H](CC#N)N(C)CC(=O)N(C)c1ccc(Cl)cc1C(=O)c1ccccc1F. The standard InChI is InChI=1S/C21H21ClFN3O2/c1-14(10-11-24)25(2)13-20(27)26(3)19-9-8-15(22)12-17(19)21(28)16-6-4-5-7-18(16)23/h4-9,12,14H,10,13H2,1-3H3/t14-/m0/s1. The Morgan fingerprint density at radius 3 is 2.50 bits per heavy atom. The fourth-order valence-corrected chi connectivity index (χ4v) is 2.84. The number of ketones is 1. The fraction of sp³-hybridized carbons (Fsp3) is 0.286. The number of carbonyl (C=O) groups is 2. The summed E-state index contributed by atoms with van der Waals surface area (Å²) in [6, 6.07) is 12.2. The highest BCUT2D eigenvalue weighted by Crippen LogP contribution is 2.27. The van der Waals surface area contributed by atoms with Crippen molar-refractivity contribution in [3.8, 4) is 6.07 Å². The van der Waals surface area contributed by atoms with Gasteiger partial charge in [-0.05, 0) is 44.3 Å². The van der Waals surface area contributed by atoms with Gasteiger partial charge in [-0.25, -0.2) is 4.39 Å². The lowest BCUT2D eigenvalue weighted by Gasteiger charge is -2.26. The molecule has 0 saturated heterocycles. The zero-order valence-corrected chi connectivity index (χ0v) is 16.7. The van der Waals surface area contributed by atoms with Crippen molar-refractivity contribution in [3.05, 3.63) is 64.4 Å². The summed E-state index contributed by atoms with van der Waals surface area (Å²) >= 11 is 6.04. The van der Waals surface area contributed by atoms with Crippen LogP contribution in [0.4, 0.5) is 10.1 Å². The van der Waals surface area contributed by atoms with Gasteiger partial charge in [-0.1, -0.05) is 23.7 Å². The van der Waals surface area contributed by atoms with Crippen LogP contribution in [-0.4, -0.2) is 43.3 Å². The molecule has 5 nitrogen and oxygen atoms in total. The van der Waals surface area contributed by atoms with Crippen molar-refractivity contribution in [2.24, 2.45) is 0 Å². The van der Waals surface area contributed by atoms with E-state index in [0.717, 1.165) is 0 Å². The number of carbonyl (C=O) groups excluding carboxylic acids is 2. The van der Waals surface area contributed by atoms with Crippen molar-refractivity contribution in [2.45, 2.75) is 19.4 Å². The largest absolute Gasteiger partial charge is 0.314 e. The molecule has 0 spiro atoms. The molecule has 2 aromatic rings. The number of amides is 1. The number of benzene rings is 2. The molecular weight excluding hydrogens is 381 g/mol. The highest BCUT2D eigenvalue weighted by atomic mass is 35.5. The van der Waals surface area contributed by atoms with Crippen LogP contribution in [0.25, 0.3) is 0 Å². The number of likely N-dealkylation sites (N-methyl/N-ethyl adjacent to an activating group) is 2. The topological polar surface area (TPSA) is 64.4 Å². The molecule has 2 aromatic carbocycles. The number of nitrogens with zero attached hydrogens (tertiary/aromatic N) is 3. The molecule has 0 bridgehead atoms. The van der Waals surface area contributed by atoms with E-state index in [0.29, 0.717) is 17.1 Å². The van der Waals surface area contributed by atoms with Crippen molar-refractivity contribution < 1.29 is 14.0 Å². The zero-order valence-electron chi connectivity index (χ0n) is 15.9. The van der Waals surface area contributed by atoms with Gasteiger partial charge in [-0.2, -0.15) is 5.26 Å². The maximum atomic E-state index is 14.1. The Balaban J connectivity index is 2.33. The van der Waals surface area contributed by atoms with Gasteiger partial charge in [-0.3, -0.25) is 14.5 Å². The zero-order chi connectivity index (χ0) is 20.8. The molecule has 0 heterocycles. The van der Waals surface area contributed by atoms with Gasteiger partial charge in [0.2, 0.25) is 5.91 Å². The summed E-state index contributed by atoms with van der Waals surface area (Å²) in [6.07, 6.45) is 0.297. The molecule has 2 rings (SSSR count). The molecule has 0 aliphatic carbocycles. The molecule has 0 saturated carbocycles. The second kappa shape index (κ2) is 9.45. The number of hydrogen-bond acceptors (Lipinski definition) is 4. The van der Waals surface area contributed by atoms with Crippen molar-refractivity contribution in [3.63, 3.8) is 0 Å². The van der Waals surface area contributed by atoms with Crippen LogP contribution in [0.3, 0.4) is 0 Å². The molecule has 1 atom stereocenters. The van der Waals surface area contributed by atoms with E-state index in [4.69, 9.17) is 16.9 Å². The predicted octanol–water partition coefficient (Wildman–Crippen LogP) is 3.91. The van der Waals surface area contributed by atoms with E-state index in [9.17, 15) is 14.0 Å². The summed E-state index contributed by atoms with van der Waals surface area (Å²) in [5.74, 6) is -1.46. The van der Waals surface area contributed by atoms with Crippen molar-refractivity contribution in [1.82, 2.24) is 4.90 Å². The minimum Gasteiger partial charge on any atom is -0.314 e. The summed E-state index contributed by atoms with van der Waals surface area (Å²) in [6.45, 7) is 1.92. The number of anilines is 1. The van der Waals surface area contributed by atoms with Gasteiger partial charge in [0.25, 0.3) is 0 Å². The Labute approximate surface area is 168 Å². The van der Waals surface area contributed by atoms with Crippen LogP contribution in [0.5, 0.6) is 0 Å². The molecule has 0 aromatic heterocycles. The lowest BCUT2D eigenvalue weighted by molar-refractivity contribution is -0.119. The molecule has 0 unspecified atom stereocenters. The van der Waals surface area contributed by atoms with E-state index >= 15 is 0 Å². The average molecular weight is 402 g/mol. The lowest BCUT2D eigenvalue weighted by Crippen LogP contribution is -2.40. The summed E-state index contributed by atoms with van der Waals surface area (Å²) < 4.78 is 14.1. The Morgan fingerprint density at radius 2 is 1.86 bits per heavy atom. The summed E-state index contributed by atoms with van der Waals surface area (Å²) in [7, 11) is 3.30. The lowest BCUT2D eigenvalue weighted by atomic mass is 10.0. The first-order chi connectivity index (χ1) is 13.3. The summed E-state index contributed by atoms with van der Waals surface area (Å²) in [4.78, 5) is 28.7. The van der Waals surface area contributed by atoms with Crippen LogP contribution in [0.1, 0.15) is 29.3 Å². The monoisotopic (exact) mass is 401 g/mol. The van der Waals surface area contributed by atoms with Gasteiger partial charge >= 0.3 is 0 Å². The summed E-state index contributed by atoms with van der Waals surface area (Å²) in [5, 5.41) is 9.12. The Bertz CT molecular complexity index is 926. The molecule has 1 amide bonds. The third-order valence-corrected chi connectivity index (χ3v) is 4.82. The van der Waals surface area contributed by atoms with Crippen LogP contribution in [0, 0.1) is 17.1 Å². The number of hydrogen-bond donors (Lipinski definition) is 0. The molecule has 0 aliphatic rings. The molecule has 0 aliphatic heterocycles. The molecule has 0 fully saturated rings. The first kappa shape index (κ1) is 21.5. The Kier molecular flexibility index (Phi) is 7.27. The van der Waals surface area contributed by atoms with Crippen molar-refractivity contribution >= 4 is 29.0 Å². The highest BCUT2D eigenvalue weighted by Gasteiger charge is 2.23. The molecule has 146 valence electrons. The molecule has 0 N–H and O–H groups in total. The van der Waals surface area contributed by atoms with Crippen LogP contribution < -0.4 is 4.90 Å². The van der Waals surface area contributed by atoms with E-state index in [2.05, 4.69) is 6.07 Å². The van der Waals surface area contributed by atoms with Crippen LogP contribution in [0.15, 0.2) is 42.5 Å². The van der Waals surface area contributed by atoms with E-state index in [-0.39, 0.29) is 29.6 Å². The molecule has 7 heteroatoms. The molecule has 28 heavy (non-hydrogen) atoms. The minimum atomic E-state index is -0.641. The van der Waals surface area contributed by atoms with Crippen LogP contribution >= 0.6 is 11.6 Å². The predicted molar refractivity (Wildman–Crippen MR) is 107 cm³/mol. The second-order valence-corrected chi connectivity index (χ2v) is 6.99. The smallest absolute Gasteiger partial charge is 0.240 e. The van der Waals surface area contributed by atoms with Crippen LogP contribution in [0.2, 0.25) is 5.02 Å². The molecule has 0 radical (unpaired) electrons. The third-order valence-electron chi connectivity index (χ3n) is 4.58. The van der Waals surface area contributed by atoms with Gasteiger partial charge in [0.15, 0.2) is 5.78 Å². The van der Waals surface area contributed by atoms with Gasteiger partial charge in [0.05, 0.1) is 30.3 Å². The second-order valence-electron chi connectivity index (χ2n) is 6.55. The first-order valence-corrected chi connectivity index (χ1v) is 9.06. The number of halogens is 2. The third kappa shape index (κ3) is 4.94. The van der Waals surface area contributed by atoms with Gasteiger partial charge in [0, 0.05) is 23.7 Å². The minimum absolute atomic E-state index is 0.0648.